The fourth-order valence-electron chi connectivity index (χ4n) is 3.86. The molecular weight excluding hydrogens is 425 g/mol. The fraction of sp³-hybridized carbons (Fsp3) is 0.722. The van der Waals surface area contributed by atoms with E-state index in [0.29, 0.717) is 24.6 Å². The van der Waals surface area contributed by atoms with E-state index in [1.807, 2.05) is 6.07 Å². The number of anilines is 1. The Morgan fingerprint density at radius 2 is 1.90 bits per heavy atom. The second kappa shape index (κ2) is 9.90. The maximum absolute atomic E-state index is 12.6. The average Bonchev–Trinajstić information content (AvgIpc) is 2.89. The molecule has 170 valence electrons. The molecule has 3 heterocycles. The molecule has 0 saturated carbocycles. The first kappa shape index (κ1) is 24.3. The Hall–Kier alpha value is -1.95. The van der Waals surface area contributed by atoms with E-state index in [2.05, 4.69) is 33.6 Å². The van der Waals surface area contributed by atoms with E-state index in [1.165, 1.54) is 0 Å². The molecule has 0 bridgehead atoms. The van der Waals surface area contributed by atoms with Gasteiger partial charge in [-0.1, -0.05) is 13.8 Å². The van der Waals surface area contributed by atoms with E-state index < -0.39 is 22.0 Å². The third kappa shape index (κ3) is 6.53. The highest BCUT2D eigenvalue weighted by Gasteiger charge is 2.42. The second-order valence-corrected chi connectivity index (χ2v) is 10.1. The first-order valence-electron chi connectivity index (χ1n) is 9.68. The highest BCUT2D eigenvalue weighted by Crippen LogP contribution is 2.29. The third-order valence-corrected chi connectivity index (χ3v) is 7.36. The van der Waals surface area contributed by atoms with Crippen molar-refractivity contribution in [3.63, 3.8) is 0 Å². The molecule has 12 heteroatoms. The maximum Gasteiger partial charge on any atom is 0.490 e. The number of nitrogens with zero attached hydrogens (tertiary/aromatic N) is 4. The summed E-state index contributed by atoms with van der Waals surface area (Å²) >= 11 is 0. The zero-order valence-corrected chi connectivity index (χ0v) is 17.7. The van der Waals surface area contributed by atoms with Gasteiger partial charge in [-0.25, -0.2) is 23.2 Å². The van der Waals surface area contributed by atoms with E-state index in [0.717, 1.165) is 31.9 Å². The molecule has 1 aromatic rings. The molecule has 2 saturated heterocycles. The number of carboxylic acids is 1. The molecule has 0 aliphatic carbocycles. The molecular formula is C18H27F3N4O4S. The van der Waals surface area contributed by atoms with E-state index in [-0.39, 0.29) is 11.3 Å². The molecule has 1 N–H and O–H groups in total. The number of carbonyl (C=O) groups is 1. The van der Waals surface area contributed by atoms with E-state index in [4.69, 9.17) is 9.90 Å². The van der Waals surface area contributed by atoms with Crippen LogP contribution in [0.1, 0.15) is 26.7 Å². The predicted octanol–water partition coefficient (Wildman–Crippen LogP) is 1.83. The molecule has 0 amide bonds. The molecule has 3 rings (SSSR count). The van der Waals surface area contributed by atoms with Gasteiger partial charge in [0.15, 0.2) is 9.84 Å². The van der Waals surface area contributed by atoms with Crippen LogP contribution in [-0.4, -0.2) is 83.8 Å². The largest absolute Gasteiger partial charge is 0.490 e. The molecule has 2 fully saturated rings. The van der Waals surface area contributed by atoms with Gasteiger partial charge < -0.3 is 10.0 Å². The van der Waals surface area contributed by atoms with Crippen LogP contribution >= 0.6 is 0 Å². The molecule has 0 unspecified atom stereocenters. The van der Waals surface area contributed by atoms with Crippen LogP contribution in [0.5, 0.6) is 0 Å². The number of aliphatic carboxylic acids is 1. The van der Waals surface area contributed by atoms with Crippen molar-refractivity contribution < 1.29 is 31.5 Å². The number of rotatable bonds is 3. The normalized spacial score (nSPS) is 24.4. The molecule has 8 nitrogen and oxygen atoms in total. The van der Waals surface area contributed by atoms with Crippen molar-refractivity contribution in [1.29, 1.82) is 0 Å². The zero-order valence-electron chi connectivity index (χ0n) is 16.9. The molecule has 0 aromatic carbocycles. The molecule has 2 aliphatic rings. The van der Waals surface area contributed by atoms with Crippen molar-refractivity contribution in [3.8, 4) is 0 Å². The standard InChI is InChI=1S/C16H26N4O2S.C2HF3O2/c1-13(2)11-20-9-10-23(21,22)15-5-8-19(7-4-14(15)20)16-3-6-17-12-18-16;3-2(4,5)1(6)7/h3,6,12-15H,4-5,7-11H2,1-2H3;(H,6,7)/t14-,15+;/m0./s1. The minimum absolute atomic E-state index is 0.142. The van der Waals surface area contributed by atoms with Gasteiger partial charge in [-0.2, -0.15) is 13.2 Å². The molecule has 1 aromatic heterocycles. The summed E-state index contributed by atoms with van der Waals surface area (Å²) in [5.74, 6) is -1.01. The van der Waals surface area contributed by atoms with Crippen LogP contribution in [0.15, 0.2) is 18.6 Å². The highest BCUT2D eigenvalue weighted by atomic mass is 32.2. The topological polar surface area (TPSA) is 104 Å². The highest BCUT2D eigenvalue weighted by molar-refractivity contribution is 7.92. The smallest absolute Gasteiger partial charge is 0.475 e. The van der Waals surface area contributed by atoms with Crippen molar-refractivity contribution in [2.24, 2.45) is 5.92 Å². The Bertz CT molecular complexity index is 805. The number of sulfone groups is 1. The van der Waals surface area contributed by atoms with Crippen LogP contribution in [0.3, 0.4) is 0 Å². The number of hydrogen-bond donors (Lipinski definition) is 1. The van der Waals surface area contributed by atoms with E-state index >= 15 is 0 Å². The summed E-state index contributed by atoms with van der Waals surface area (Å²) in [6.07, 6.45) is -0.233. The zero-order chi connectivity index (χ0) is 22.5. The Labute approximate surface area is 174 Å². The average molecular weight is 452 g/mol. The summed E-state index contributed by atoms with van der Waals surface area (Å²) in [6.45, 7) is 7.64. The number of hydrogen-bond acceptors (Lipinski definition) is 7. The third-order valence-electron chi connectivity index (χ3n) is 5.13. The Kier molecular flexibility index (Phi) is 8.03. The quantitative estimate of drug-likeness (QED) is 0.741. The van der Waals surface area contributed by atoms with Crippen LogP contribution < -0.4 is 4.90 Å². The van der Waals surface area contributed by atoms with Crippen LogP contribution in [0.2, 0.25) is 0 Å². The minimum atomic E-state index is -5.08. The lowest BCUT2D eigenvalue weighted by molar-refractivity contribution is -0.192. The SMILES string of the molecule is CC(C)CN1CCS(=O)(=O)[C@@H]2CCN(c3ccncn3)CC[C@@H]21.O=C(O)C(F)(F)F. The number of carboxylic acid groups (broad SMARTS) is 1. The monoisotopic (exact) mass is 452 g/mol. The molecule has 2 atom stereocenters. The van der Waals surface area contributed by atoms with Crippen LogP contribution in [0.25, 0.3) is 0 Å². The number of alkyl halides is 3. The van der Waals surface area contributed by atoms with Gasteiger partial charge in [0.05, 0.1) is 11.0 Å². The minimum Gasteiger partial charge on any atom is -0.475 e. The number of halogens is 3. The summed E-state index contributed by atoms with van der Waals surface area (Å²) in [5, 5.41) is 6.89. The van der Waals surface area contributed by atoms with Crippen molar-refractivity contribution in [2.75, 3.05) is 36.8 Å². The summed E-state index contributed by atoms with van der Waals surface area (Å²) < 4.78 is 56.9. The van der Waals surface area contributed by atoms with E-state index in [9.17, 15) is 21.6 Å². The van der Waals surface area contributed by atoms with Gasteiger partial charge in [0.1, 0.15) is 12.1 Å². The Morgan fingerprint density at radius 1 is 1.27 bits per heavy atom. The van der Waals surface area contributed by atoms with E-state index in [1.54, 1.807) is 12.5 Å². The van der Waals surface area contributed by atoms with Gasteiger partial charge >= 0.3 is 12.1 Å². The van der Waals surface area contributed by atoms with Crippen LogP contribution in [0, 0.1) is 5.92 Å². The summed E-state index contributed by atoms with van der Waals surface area (Å²) in [7, 11) is -2.98. The molecule has 0 radical (unpaired) electrons. The van der Waals surface area contributed by atoms with Gasteiger partial charge in [-0.15, -0.1) is 0 Å². The lowest BCUT2D eigenvalue weighted by Gasteiger charge is -2.40. The second-order valence-electron chi connectivity index (χ2n) is 7.80. The maximum atomic E-state index is 12.6. The van der Waals surface area contributed by atoms with Crippen molar-refractivity contribution in [3.05, 3.63) is 18.6 Å². The summed E-state index contributed by atoms with van der Waals surface area (Å²) in [4.78, 5) is 21.8. The van der Waals surface area contributed by atoms with Gasteiger partial charge in [0.2, 0.25) is 0 Å². The van der Waals surface area contributed by atoms with Crippen molar-refractivity contribution in [2.45, 2.75) is 44.2 Å². The fourth-order valence-corrected chi connectivity index (χ4v) is 5.90. The van der Waals surface area contributed by atoms with Crippen molar-refractivity contribution in [1.82, 2.24) is 14.9 Å². The van der Waals surface area contributed by atoms with Crippen molar-refractivity contribution >= 4 is 21.6 Å². The van der Waals surface area contributed by atoms with Gasteiger partial charge in [-0.3, -0.25) is 4.90 Å². The lowest BCUT2D eigenvalue weighted by atomic mass is 10.0. The molecule has 0 spiro atoms. The molecule has 30 heavy (non-hydrogen) atoms. The van der Waals surface area contributed by atoms with Gasteiger partial charge in [0, 0.05) is 38.4 Å². The number of aromatic nitrogens is 2. The first-order valence-corrected chi connectivity index (χ1v) is 11.4. The summed E-state index contributed by atoms with van der Waals surface area (Å²) in [5.41, 5.74) is 0. The van der Waals surface area contributed by atoms with Crippen LogP contribution in [-0.2, 0) is 14.6 Å². The lowest BCUT2D eigenvalue weighted by Crippen LogP contribution is -2.55. The predicted molar refractivity (Wildman–Crippen MR) is 105 cm³/mol. The van der Waals surface area contributed by atoms with Gasteiger partial charge in [0.25, 0.3) is 0 Å². The Balaban J connectivity index is 0.000000396. The molecule has 2 aliphatic heterocycles. The Morgan fingerprint density at radius 3 is 2.43 bits per heavy atom. The van der Waals surface area contributed by atoms with Gasteiger partial charge in [-0.05, 0) is 24.8 Å². The summed E-state index contributed by atoms with van der Waals surface area (Å²) in [6, 6.07) is 2.04. The van der Waals surface area contributed by atoms with Crippen LogP contribution in [0.4, 0.5) is 19.0 Å². The first-order chi connectivity index (χ1) is 13.9. The number of fused-ring (bicyclic) bond motifs is 1.